The average Bonchev–Trinajstić information content (AvgIpc) is 2.98. The van der Waals surface area contributed by atoms with Crippen LogP contribution in [0.5, 0.6) is 11.5 Å². The van der Waals surface area contributed by atoms with Crippen LogP contribution in [0.3, 0.4) is 0 Å². The topological polar surface area (TPSA) is 81.7 Å². The van der Waals surface area contributed by atoms with E-state index in [1.54, 1.807) is 14.0 Å². The van der Waals surface area contributed by atoms with Crippen LogP contribution >= 0.6 is 11.8 Å². The van der Waals surface area contributed by atoms with E-state index in [-0.39, 0.29) is 24.7 Å². The summed E-state index contributed by atoms with van der Waals surface area (Å²) in [5.41, 5.74) is 3.38. The Labute approximate surface area is 243 Å². The van der Waals surface area contributed by atoms with Gasteiger partial charge in [-0.3, -0.25) is 0 Å². The summed E-state index contributed by atoms with van der Waals surface area (Å²) >= 11 is 1.83. The van der Waals surface area contributed by atoms with Crippen LogP contribution in [0.2, 0.25) is 0 Å². The number of aliphatic hydroxyl groups is 1. The Hall–Kier alpha value is -2.01. The number of hydrogen-bond acceptors (Lipinski definition) is 9. The second-order valence-electron chi connectivity index (χ2n) is 10.5. The Balaban J connectivity index is 1.45. The van der Waals surface area contributed by atoms with Crippen molar-refractivity contribution in [1.29, 1.82) is 0 Å². The molecular weight excluding hydrogens is 528 g/mol. The van der Waals surface area contributed by atoms with E-state index in [1.807, 2.05) is 23.9 Å². The number of nitrogens with zero attached hydrogens (tertiary/aromatic N) is 1. The number of nitrogens with one attached hydrogen (secondary N) is 1. The Morgan fingerprint density at radius 1 is 1.07 bits per heavy atom. The summed E-state index contributed by atoms with van der Waals surface area (Å²) in [4.78, 5) is 2.37. The largest absolute Gasteiger partial charge is 0.494 e. The van der Waals surface area contributed by atoms with Crippen molar-refractivity contribution in [3.63, 3.8) is 0 Å². The van der Waals surface area contributed by atoms with Crippen LogP contribution in [0.1, 0.15) is 36.8 Å². The molecule has 0 bridgehead atoms. The van der Waals surface area contributed by atoms with E-state index >= 15 is 0 Å². The molecule has 222 valence electrons. The molecule has 1 saturated heterocycles. The number of thioether (sulfide) groups is 1. The molecule has 2 aromatic carbocycles. The highest BCUT2D eigenvalue weighted by Crippen LogP contribution is 2.35. The number of fused-ring (bicyclic) bond motifs is 1. The molecule has 1 fully saturated rings. The molecule has 2 heterocycles. The maximum atomic E-state index is 9.89. The summed E-state index contributed by atoms with van der Waals surface area (Å²) in [6.45, 7) is 7.92. The van der Waals surface area contributed by atoms with E-state index in [1.165, 1.54) is 0 Å². The molecule has 2 aromatic rings. The summed E-state index contributed by atoms with van der Waals surface area (Å²) in [6.07, 6.45) is 3.38. The molecule has 4 rings (SSSR count). The van der Waals surface area contributed by atoms with Crippen molar-refractivity contribution in [3.8, 4) is 11.5 Å². The summed E-state index contributed by atoms with van der Waals surface area (Å²) in [5.74, 6) is 2.92. The van der Waals surface area contributed by atoms with Gasteiger partial charge in [0.2, 0.25) is 0 Å². The normalized spacial score (nSPS) is 21.5. The molecule has 2 aliphatic rings. The summed E-state index contributed by atoms with van der Waals surface area (Å²) in [7, 11) is 1.74. The van der Waals surface area contributed by atoms with Crippen molar-refractivity contribution in [2.45, 2.75) is 50.6 Å². The first-order chi connectivity index (χ1) is 19.6. The van der Waals surface area contributed by atoms with Crippen LogP contribution in [-0.2, 0) is 20.8 Å². The minimum absolute atomic E-state index is 0.0250. The highest BCUT2D eigenvalue weighted by atomic mass is 32.2. The van der Waals surface area contributed by atoms with Crippen LogP contribution in [0.4, 0.5) is 5.69 Å². The highest BCUT2D eigenvalue weighted by Gasteiger charge is 2.36. The summed E-state index contributed by atoms with van der Waals surface area (Å²) in [6, 6.07) is 14.7. The average molecular weight is 575 g/mol. The standard InChI is InChI=1S/C31H46N2O6S/c1-23(34)21-38-29-19-32-20-30(31(29)25-7-9-26(10-8-25)36-15-5-17-40-3)39-22-24-6-11-28-27(18-24)33(13-16-37-28)12-4-14-35-2/h6-11,18,23,29-32,34H,4-5,12-17,19-22H2,1-3H3/t23?,29-,30+,31+/m1/s1. The molecule has 2 N–H and O–H groups in total. The van der Waals surface area contributed by atoms with Gasteiger partial charge in [0.15, 0.2) is 0 Å². The lowest BCUT2D eigenvalue weighted by Crippen LogP contribution is -2.51. The number of rotatable bonds is 16. The first kappa shape index (κ1) is 30.9. The monoisotopic (exact) mass is 574 g/mol. The third-order valence-electron chi connectivity index (χ3n) is 7.29. The van der Waals surface area contributed by atoms with Crippen LogP contribution < -0.4 is 19.7 Å². The zero-order chi connectivity index (χ0) is 28.2. The van der Waals surface area contributed by atoms with Gasteiger partial charge in [-0.15, -0.1) is 0 Å². The SMILES string of the molecule is COCCCN1CCOc2ccc(CO[C@H]3CNC[C@@H](OCC(C)O)[C@@H]3c3ccc(OCCCSC)cc3)cc21. The minimum Gasteiger partial charge on any atom is -0.494 e. The van der Waals surface area contributed by atoms with Crippen molar-refractivity contribution in [2.75, 3.05) is 76.6 Å². The van der Waals surface area contributed by atoms with Gasteiger partial charge in [-0.1, -0.05) is 18.2 Å². The second kappa shape index (κ2) is 16.4. The van der Waals surface area contributed by atoms with Gasteiger partial charge in [-0.05, 0) is 67.2 Å². The van der Waals surface area contributed by atoms with Crippen molar-refractivity contribution in [3.05, 3.63) is 53.6 Å². The van der Waals surface area contributed by atoms with E-state index in [0.29, 0.717) is 19.8 Å². The van der Waals surface area contributed by atoms with Crippen LogP contribution in [-0.4, -0.2) is 95.1 Å². The molecule has 0 aromatic heterocycles. The number of piperidine rings is 1. The quantitative estimate of drug-likeness (QED) is 0.288. The second-order valence-corrected chi connectivity index (χ2v) is 11.5. The first-order valence-corrected chi connectivity index (χ1v) is 15.8. The van der Waals surface area contributed by atoms with Crippen LogP contribution in [0.25, 0.3) is 0 Å². The van der Waals surface area contributed by atoms with Gasteiger partial charge in [-0.25, -0.2) is 0 Å². The van der Waals surface area contributed by atoms with E-state index in [9.17, 15) is 5.11 Å². The molecule has 4 atom stereocenters. The van der Waals surface area contributed by atoms with E-state index in [2.05, 4.69) is 46.8 Å². The number of methoxy groups -OCH3 is 1. The molecular formula is C31H46N2O6S. The predicted octanol–water partition coefficient (Wildman–Crippen LogP) is 4.09. The third kappa shape index (κ3) is 8.99. The van der Waals surface area contributed by atoms with Crippen molar-refractivity contribution in [2.24, 2.45) is 0 Å². The van der Waals surface area contributed by atoms with Gasteiger partial charge in [0.1, 0.15) is 18.1 Å². The van der Waals surface area contributed by atoms with Gasteiger partial charge in [0.05, 0.1) is 50.4 Å². The maximum Gasteiger partial charge on any atom is 0.142 e. The van der Waals surface area contributed by atoms with Gasteiger partial charge in [-0.2, -0.15) is 11.8 Å². The van der Waals surface area contributed by atoms with Crippen molar-refractivity contribution in [1.82, 2.24) is 5.32 Å². The molecule has 40 heavy (non-hydrogen) atoms. The fraction of sp³-hybridized carbons (Fsp3) is 0.613. The number of ether oxygens (including phenoxy) is 5. The fourth-order valence-electron chi connectivity index (χ4n) is 5.30. The molecule has 0 amide bonds. The van der Waals surface area contributed by atoms with Gasteiger partial charge in [0, 0.05) is 39.3 Å². The van der Waals surface area contributed by atoms with E-state index in [0.717, 1.165) is 79.8 Å². The Morgan fingerprint density at radius 3 is 2.62 bits per heavy atom. The molecule has 0 spiro atoms. The first-order valence-electron chi connectivity index (χ1n) is 14.4. The third-order valence-corrected chi connectivity index (χ3v) is 7.99. The zero-order valence-electron chi connectivity index (χ0n) is 24.2. The fourth-order valence-corrected chi connectivity index (χ4v) is 5.71. The van der Waals surface area contributed by atoms with Crippen molar-refractivity contribution >= 4 is 17.4 Å². The molecule has 1 unspecified atom stereocenters. The lowest BCUT2D eigenvalue weighted by molar-refractivity contribution is -0.0752. The number of benzene rings is 2. The van der Waals surface area contributed by atoms with E-state index in [4.69, 9.17) is 23.7 Å². The smallest absolute Gasteiger partial charge is 0.142 e. The molecule has 0 saturated carbocycles. The Kier molecular flexibility index (Phi) is 12.7. The minimum atomic E-state index is -0.524. The predicted molar refractivity (Wildman–Crippen MR) is 161 cm³/mol. The Morgan fingerprint density at radius 2 is 1.88 bits per heavy atom. The van der Waals surface area contributed by atoms with Crippen LogP contribution in [0, 0.1) is 0 Å². The van der Waals surface area contributed by atoms with Crippen LogP contribution in [0.15, 0.2) is 42.5 Å². The van der Waals surface area contributed by atoms with Crippen molar-refractivity contribution < 1.29 is 28.8 Å². The highest BCUT2D eigenvalue weighted by molar-refractivity contribution is 7.98. The lowest BCUT2D eigenvalue weighted by Gasteiger charge is -2.39. The molecule has 0 aliphatic carbocycles. The Bertz CT molecular complexity index is 1010. The molecule has 2 aliphatic heterocycles. The van der Waals surface area contributed by atoms with Gasteiger partial charge < -0.3 is 39.0 Å². The molecule has 8 nitrogen and oxygen atoms in total. The number of anilines is 1. The van der Waals surface area contributed by atoms with Gasteiger partial charge in [0.25, 0.3) is 0 Å². The maximum absolute atomic E-state index is 9.89. The zero-order valence-corrected chi connectivity index (χ0v) is 25.0. The molecule has 9 heteroatoms. The lowest BCUT2D eigenvalue weighted by atomic mass is 9.85. The van der Waals surface area contributed by atoms with Gasteiger partial charge >= 0.3 is 0 Å². The molecule has 0 radical (unpaired) electrons. The summed E-state index contributed by atoms with van der Waals surface area (Å²) < 4.78 is 29.9. The number of hydrogen-bond donors (Lipinski definition) is 2. The van der Waals surface area contributed by atoms with E-state index < -0.39 is 6.10 Å². The number of aliphatic hydroxyl groups excluding tert-OH is 1. The summed E-state index contributed by atoms with van der Waals surface area (Å²) in [5, 5.41) is 13.4.